The van der Waals surface area contributed by atoms with Gasteiger partial charge in [-0.15, -0.1) is 0 Å². The van der Waals surface area contributed by atoms with Crippen molar-refractivity contribution in [1.29, 1.82) is 0 Å². The molecule has 1 heterocycles. The smallest absolute Gasteiger partial charge is 0.249 e. The number of nitrogens with one attached hydrogen (secondary N) is 1. The van der Waals surface area contributed by atoms with Crippen molar-refractivity contribution in [2.24, 2.45) is 5.73 Å². The summed E-state index contributed by atoms with van der Waals surface area (Å²) in [5.41, 5.74) is 5.20. The number of nitrogens with two attached hydrogens (primary N) is 1. The lowest BCUT2D eigenvalue weighted by Crippen LogP contribution is -2.45. The van der Waals surface area contributed by atoms with Crippen LogP contribution < -0.4 is 15.8 Å². The van der Waals surface area contributed by atoms with Crippen LogP contribution in [0.25, 0.3) is 0 Å². The van der Waals surface area contributed by atoms with E-state index in [1.54, 1.807) is 38.3 Å². The van der Waals surface area contributed by atoms with Crippen LogP contribution in [0.2, 0.25) is 0 Å². The fourth-order valence-electron chi connectivity index (χ4n) is 1.91. The molecular weight excluding hydrogens is 273 g/mol. The number of hydrogen-bond donors (Lipinski definition) is 2. The van der Waals surface area contributed by atoms with Crippen LogP contribution in [-0.4, -0.2) is 18.0 Å². The number of primary amides is 1. The minimum Gasteiger partial charge on any atom is -0.497 e. The Hall–Kier alpha value is -2.63. The number of carbonyl (C=O) groups excluding carboxylic acids is 1. The molecule has 0 radical (unpaired) electrons. The molecule has 1 amide bonds. The molecule has 0 saturated heterocycles. The topological polar surface area (TPSA) is 77.2 Å². The van der Waals surface area contributed by atoms with Gasteiger partial charge >= 0.3 is 0 Å². The number of anilines is 1. The number of pyridine rings is 1. The standard InChI is InChI=1S/C15H16FN3O2/c1-15(14(17)20,13-7-6-10(16)9-18-13)19-11-4-3-5-12(8-11)21-2/h3-9,19H,1-2H3,(H2,17,20). The Labute approximate surface area is 121 Å². The summed E-state index contributed by atoms with van der Waals surface area (Å²) in [7, 11) is 1.55. The van der Waals surface area contributed by atoms with Gasteiger partial charge in [0.1, 0.15) is 11.6 Å². The van der Waals surface area contributed by atoms with E-state index >= 15 is 0 Å². The number of hydrogen-bond acceptors (Lipinski definition) is 4. The van der Waals surface area contributed by atoms with E-state index < -0.39 is 17.3 Å². The normalized spacial score (nSPS) is 13.3. The lowest BCUT2D eigenvalue weighted by molar-refractivity contribution is -0.122. The molecule has 0 fully saturated rings. The zero-order valence-electron chi connectivity index (χ0n) is 11.8. The van der Waals surface area contributed by atoms with Crippen LogP contribution in [0.1, 0.15) is 12.6 Å². The Kier molecular flexibility index (Phi) is 4.07. The Bertz CT molecular complexity index is 646. The second kappa shape index (κ2) is 5.78. The minimum atomic E-state index is -1.26. The average Bonchev–Trinajstić information content (AvgIpc) is 2.47. The summed E-state index contributed by atoms with van der Waals surface area (Å²) in [6, 6.07) is 9.71. The third kappa shape index (κ3) is 3.10. The van der Waals surface area contributed by atoms with Crippen molar-refractivity contribution < 1.29 is 13.9 Å². The molecular formula is C15H16FN3O2. The minimum absolute atomic E-state index is 0.333. The summed E-state index contributed by atoms with van der Waals surface area (Å²) >= 11 is 0. The van der Waals surface area contributed by atoms with E-state index in [9.17, 15) is 9.18 Å². The summed E-state index contributed by atoms with van der Waals surface area (Å²) < 4.78 is 18.1. The van der Waals surface area contributed by atoms with E-state index in [-0.39, 0.29) is 0 Å². The highest BCUT2D eigenvalue weighted by Gasteiger charge is 2.34. The van der Waals surface area contributed by atoms with Crippen LogP contribution in [0.5, 0.6) is 5.75 Å². The second-order valence-electron chi connectivity index (χ2n) is 4.71. The van der Waals surface area contributed by atoms with E-state index in [4.69, 9.17) is 10.5 Å². The van der Waals surface area contributed by atoms with Crippen molar-refractivity contribution in [3.8, 4) is 5.75 Å². The maximum atomic E-state index is 13.0. The molecule has 1 unspecified atom stereocenters. The van der Waals surface area contributed by atoms with Gasteiger partial charge in [0, 0.05) is 11.8 Å². The SMILES string of the molecule is COc1cccc(NC(C)(C(N)=O)c2ccc(F)cn2)c1. The van der Waals surface area contributed by atoms with Crippen molar-refractivity contribution >= 4 is 11.6 Å². The van der Waals surface area contributed by atoms with E-state index in [2.05, 4.69) is 10.3 Å². The third-order valence-electron chi connectivity index (χ3n) is 3.20. The number of nitrogens with zero attached hydrogens (tertiary/aromatic N) is 1. The van der Waals surface area contributed by atoms with Crippen molar-refractivity contribution in [3.05, 3.63) is 54.1 Å². The first-order valence-corrected chi connectivity index (χ1v) is 6.30. The number of carbonyl (C=O) groups is 1. The van der Waals surface area contributed by atoms with Gasteiger partial charge in [-0.1, -0.05) is 6.07 Å². The van der Waals surface area contributed by atoms with Crippen molar-refractivity contribution in [2.45, 2.75) is 12.5 Å². The highest BCUT2D eigenvalue weighted by molar-refractivity contribution is 5.88. The van der Waals surface area contributed by atoms with Crippen LogP contribution in [0, 0.1) is 5.82 Å². The third-order valence-corrected chi connectivity index (χ3v) is 3.20. The Morgan fingerprint density at radius 1 is 1.38 bits per heavy atom. The lowest BCUT2D eigenvalue weighted by Gasteiger charge is -2.28. The fraction of sp³-hybridized carbons (Fsp3) is 0.200. The molecule has 3 N–H and O–H groups in total. The van der Waals surface area contributed by atoms with E-state index in [0.717, 1.165) is 6.20 Å². The monoisotopic (exact) mass is 289 g/mol. The molecule has 0 aliphatic carbocycles. The van der Waals surface area contributed by atoms with Gasteiger partial charge < -0.3 is 15.8 Å². The van der Waals surface area contributed by atoms with Crippen LogP contribution in [0.4, 0.5) is 10.1 Å². The number of rotatable bonds is 5. The number of ether oxygens (including phenoxy) is 1. The van der Waals surface area contributed by atoms with Gasteiger partial charge in [-0.05, 0) is 31.2 Å². The van der Waals surface area contributed by atoms with Gasteiger partial charge in [-0.25, -0.2) is 4.39 Å². The highest BCUT2D eigenvalue weighted by Crippen LogP contribution is 2.26. The van der Waals surface area contributed by atoms with Gasteiger partial charge in [0.25, 0.3) is 0 Å². The molecule has 0 saturated carbocycles. The average molecular weight is 289 g/mol. The number of benzene rings is 1. The largest absolute Gasteiger partial charge is 0.497 e. The van der Waals surface area contributed by atoms with Gasteiger partial charge in [-0.3, -0.25) is 9.78 Å². The molecule has 110 valence electrons. The summed E-state index contributed by atoms with van der Waals surface area (Å²) in [5, 5.41) is 3.03. The summed E-state index contributed by atoms with van der Waals surface area (Å²) in [6.07, 6.45) is 1.05. The molecule has 5 nitrogen and oxygen atoms in total. The summed E-state index contributed by atoms with van der Waals surface area (Å²) in [4.78, 5) is 15.8. The van der Waals surface area contributed by atoms with Crippen LogP contribution in [0.15, 0.2) is 42.6 Å². The van der Waals surface area contributed by atoms with Gasteiger partial charge in [0.15, 0.2) is 5.54 Å². The molecule has 0 bridgehead atoms. The van der Waals surface area contributed by atoms with Crippen LogP contribution in [0.3, 0.4) is 0 Å². The molecule has 1 aromatic carbocycles. The van der Waals surface area contributed by atoms with Crippen LogP contribution in [-0.2, 0) is 10.3 Å². The predicted molar refractivity (Wildman–Crippen MR) is 77.4 cm³/mol. The quantitative estimate of drug-likeness (QED) is 0.883. The molecule has 0 spiro atoms. The number of aromatic nitrogens is 1. The molecule has 1 atom stereocenters. The summed E-state index contributed by atoms with van der Waals surface area (Å²) in [6.45, 7) is 1.59. The number of amides is 1. The molecule has 2 aromatic rings. The Balaban J connectivity index is 2.38. The molecule has 2 rings (SSSR count). The first kappa shape index (κ1) is 14.8. The van der Waals surface area contributed by atoms with Crippen molar-refractivity contribution in [2.75, 3.05) is 12.4 Å². The van der Waals surface area contributed by atoms with Gasteiger partial charge in [-0.2, -0.15) is 0 Å². The first-order valence-electron chi connectivity index (χ1n) is 6.30. The molecule has 1 aromatic heterocycles. The van der Waals surface area contributed by atoms with Crippen LogP contribution >= 0.6 is 0 Å². The lowest BCUT2D eigenvalue weighted by atomic mass is 9.95. The predicted octanol–water partition coefficient (Wildman–Crippen LogP) is 2.04. The Morgan fingerprint density at radius 3 is 2.71 bits per heavy atom. The van der Waals surface area contributed by atoms with Crippen molar-refractivity contribution in [1.82, 2.24) is 4.98 Å². The van der Waals surface area contributed by atoms with Gasteiger partial charge in [0.2, 0.25) is 5.91 Å². The fourth-order valence-corrected chi connectivity index (χ4v) is 1.91. The first-order chi connectivity index (χ1) is 9.95. The van der Waals surface area contributed by atoms with E-state index in [1.807, 2.05) is 0 Å². The molecule has 0 aliphatic heterocycles. The molecule has 21 heavy (non-hydrogen) atoms. The maximum Gasteiger partial charge on any atom is 0.249 e. The molecule has 0 aliphatic rings. The number of methoxy groups -OCH3 is 1. The zero-order valence-corrected chi connectivity index (χ0v) is 11.8. The zero-order chi connectivity index (χ0) is 15.5. The summed E-state index contributed by atoms with van der Waals surface area (Å²) in [5.74, 6) is -0.463. The highest BCUT2D eigenvalue weighted by atomic mass is 19.1. The Morgan fingerprint density at radius 2 is 2.14 bits per heavy atom. The molecule has 6 heteroatoms. The van der Waals surface area contributed by atoms with Gasteiger partial charge in [0.05, 0.1) is 19.0 Å². The van der Waals surface area contributed by atoms with E-state index in [1.165, 1.54) is 12.1 Å². The number of halogens is 1. The van der Waals surface area contributed by atoms with E-state index in [0.29, 0.717) is 17.1 Å². The van der Waals surface area contributed by atoms with Crippen molar-refractivity contribution in [3.63, 3.8) is 0 Å². The maximum absolute atomic E-state index is 13.0. The second-order valence-corrected chi connectivity index (χ2v) is 4.71.